The van der Waals surface area contributed by atoms with Gasteiger partial charge in [-0.1, -0.05) is 26.0 Å². The third-order valence-corrected chi connectivity index (χ3v) is 3.92. The van der Waals surface area contributed by atoms with Crippen molar-refractivity contribution in [2.24, 2.45) is 0 Å². The Morgan fingerprint density at radius 1 is 1.20 bits per heavy atom. The molecule has 0 bridgehead atoms. The number of carbonyl (C=O) groups excluding carboxylic acids is 1. The lowest BCUT2D eigenvalue weighted by Gasteiger charge is -2.11. The van der Waals surface area contributed by atoms with E-state index < -0.39 is 6.10 Å². The second kappa shape index (κ2) is 6.68. The summed E-state index contributed by atoms with van der Waals surface area (Å²) in [6, 6.07) is 9.44. The smallest absolute Gasteiger partial charge is 0.251 e. The third-order valence-electron chi connectivity index (χ3n) is 3.22. The largest absolute Gasteiger partial charge is 0.387 e. The lowest BCUT2D eigenvalue weighted by Crippen LogP contribution is -2.28. The molecule has 4 heteroatoms. The molecule has 0 aliphatic carbocycles. The summed E-state index contributed by atoms with van der Waals surface area (Å²) in [5.74, 6) is 0.294. The van der Waals surface area contributed by atoms with Crippen LogP contribution in [0.4, 0.5) is 0 Å². The molecule has 106 valence electrons. The van der Waals surface area contributed by atoms with Gasteiger partial charge in [0.2, 0.25) is 0 Å². The van der Waals surface area contributed by atoms with Crippen LogP contribution in [-0.2, 0) is 0 Å². The van der Waals surface area contributed by atoms with Gasteiger partial charge in [0, 0.05) is 12.1 Å². The summed E-state index contributed by atoms with van der Waals surface area (Å²) in [7, 11) is 0. The molecule has 1 unspecified atom stereocenters. The number of aliphatic hydroxyl groups is 1. The molecule has 1 amide bonds. The van der Waals surface area contributed by atoms with Gasteiger partial charge < -0.3 is 10.4 Å². The van der Waals surface area contributed by atoms with E-state index in [0.29, 0.717) is 11.5 Å². The van der Waals surface area contributed by atoms with Gasteiger partial charge in [-0.3, -0.25) is 4.79 Å². The number of rotatable bonds is 5. The molecule has 0 fully saturated rings. The second-order valence-corrected chi connectivity index (χ2v) is 5.84. The van der Waals surface area contributed by atoms with Gasteiger partial charge in [-0.2, -0.15) is 11.3 Å². The van der Waals surface area contributed by atoms with E-state index in [0.717, 1.165) is 5.56 Å². The molecule has 20 heavy (non-hydrogen) atoms. The third kappa shape index (κ3) is 3.68. The second-order valence-electron chi connectivity index (χ2n) is 5.06. The van der Waals surface area contributed by atoms with Crippen LogP contribution >= 0.6 is 11.3 Å². The van der Waals surface area contributed by atoms with Crippen molar-refractivity contribution >= 4 is 17.2 Å². The fourth-order valence-corrected chi connectivity index (χ4v) is 2.60. The van der Waals surface area contributed by atoms with Crippen molar-refractivity contribution in [3.8, 4) is 0 Å². The Morgan fingerprint density at radius 2 is 1.90 bits per heavy atom. The predicted octanol–water partition coefficient (Wildman–Crippen LogP) is 3.33. The Bertz CT molecular complexity index is 546. The molecule has 2 N–H and O–H groups in total. The van der Waals surface area contributed by atoms with E-state index in [1.165, 1.54) is 16.9 Å². The minimum absolute atomic E-state index is 0.158. The van der Waals surface area contributed by atoms with E-state index in [2.05, 4.69) is 19.2 Å². The first-order valence-electron chi connectivity index (χ1n) is 6.66. The summed E-state index contributed by atoms with van der Waals surface area (Å²) in [6.07, 6.45) is -0.653. The zero-order valence-corrected chi connectivity index (χ0v) is 12.5. The van der Waals surface area contributed by atoms with Crippen LogP contribution in [0.15, 0.2) is 41.1 Å². The normalized spacial score (nSPS) is 12.4. The molecule has 1 heterocycles. The molecule has 2 rings (SSSR count). The molecule has 0 radical (unpaired) electrons. The molecule has 0 aliphatic rings. The van der Waals surface area contributed by atoms with Crippen LogP contribution in [0, 0.1) is 0 Å². The van der Waals surface area contributed by atoms with Gasteiger partial charge in [-0.05, 0) is 46.0 Å². The average molecular weight is 289 g/mol. The Labute approximate surface area is 123 Å². The van der Waals surface area contributed by atoms with Crippen LogP contribution in [-0.4, -0.2) is 17.6 Å². The van der Waals surface area contributed by atoms with Gasteiger partial charge in [0.25, 0.3) is 5.91 Å². The van der Waals surface area contributed by atoms with Crippen LogP contribution in [0.3, 0.4) is 0 Å². The lowest BCUT2D eigenvalue weighted by atomic mass is 10.0. The highest BCUT2D eigenvalue weighted by atomic mass is 32.1. The number of aliphatic hydroxyl groups excluding tert-OH is 1. The molecule has 3 nitrogen and oxygen atoms in total. The molecule has 0 spiro atoms. The zero-order valence-electron chi connectivity index (χ0n) is 11.7. The summed E-state index contributed by atoms with van der Waals surface area (Å²) in [6.45, 7) is 4.46. The van der Waals surface area contributed by atoms with Gasteiger partial charge in [-0.15, -0.1) is 0 Å². The fraction of sp³-hybridized carbons (Fsp3) is 0.312. The summed E-state index contributed by atoms with van der Waals surface area (Å²) in [5, 5.41) is 16.5. The lowest BCUT2D eigenvalue weighted by molar-refractivity contribution is 0.0916. The topological polar surface area (TPSA) is 49.3 Å². The zero-order chi connectivity index (χ0) is 14.5. The van der Waals surface area contributed by atoms with Gasteiger partial charge in [0.05, 0.1) is 6.10 Å². The van der Waals surface area contributed by atoms with Crippen molar-refractivity contribution in [3.63, 3.8) is 0 Å². The quantitative estimate of drug-likeness (QED) is 0.887. The number of hydrogen-bond donors (Lipinski definition) is 2. The highest BCUT2D eigenvalue weighted by Crippen LogP contribution is 2.16. The van der Waals surface area contributed by atoms with Crippen LogP contribution in [0.25, 0.3) is 0 Å². The average Bonchev–Trinajstić information content (AvgIpc) is 2.98. The first kappa shape index (κ1) is 14.8. The monoisotopic (exact) mass is 289 g/mol. The molecule has 1 aromatic heterocycles. The van der Waals surface area contributed by atoms with Crippen LogP contribution < -0.4 is 5.32 Å². The van der Waals surface area contributed by atoms with E-state index in [4.69, 9.17) is 0 Å². The molecule has 1 atom stereocenters. The molecule has 1 aromatic carbocycles. The van der Waals surface area contributed by atoms with E-state index in [1.807, 2.05) is 41.1 Å². The maximum atomic E-state index is 12.0. The highest BCUT2D eigenvalue weighted by Gasteiger charge is 2.11. The van der Waals surface area contributed by atoms with Crippen molar-refractivity contribution in [1.82, 2.24) is 5.32 Å². The van der Waals surface area contributed by atoms with E-state index >= 15 is 0 Å². The van der Waals surface area contributed by atoms with Crippen molar-refractivity contribution in [3.05, 3.63) is 57.8 Å². The Hall–Kier alpha value is -1.65. The van der Waals surface area contributed by atoms with Gasteiger partial charge in [-0.25, -0.2) is 0 Å². The van der Waals surface area contributed by atoms with Crippen molar-refractivity contribution < 1.29 is 9.90 Å². The van der Waals surface area contributed by atoms with Crippen LogP contribution in [0.2, 0.25) is 0 Å². The number of amides is 1. The first-order valence-corrected chi connectivity index (χ1v) is 7.60. The molecular formula is C16H19NO2S. The Balaban J connectivity index is 1.91. The number of benzene rings is 1. The fourth-order valence-electron chi connectivity index (χ4n) is 1.89. The van der Waals surface area contributed by atoms with Gasteiger partial charge >= 0.3 is 0 Å². The molecule has 0 saturated carbocycles. The van der Waals surface area contributed by atoms with Gasteiger partial charge in [0.15, 0.2) is 0 Å². The Morgan fingerprint density at radius 3 is 2.45 bits per heavy atom. The summed E-state index contributed by atoms with van der Waals surface area (Å²) in [5.41, 5.74) is 2.66. The molecule has 0 saturated heterocycles. The van der Waals surface area contributed by atoms with E-state index in [9.17, 15) is 9.90 Å². The number of hydrogen-bond acceptors (Lipinski definition) is 3. The Kier molecular flexibility index (Phi) is 4.93. The van der Waals surface area contributed by atoms with Crippen molar-refractivity contribution in [2.75, 3.05) is 6.54 Å². The van der Waals surface area contributed by atoms with Crippen LogP contribution in [0.5, 0.6) is 0 Å². The molecular weight excluding hydrogens is 270 g/mol. The summed E-state index contributed by atoms with van der Waals surface area (Å²) in [4.78, 5) is 12.0. The molecule has 2 aromatic rings. The first-order chi connectivity index (χ1) is 9.58. The van der Waals surface area contributed by atoms with Crippen LogP contribution in [0.1, 0.15) is 47.4 Å². The SMILES string of the molecule is CC(C)c1ccc(C(=O)NCC(O)c2ccsc2)cc1. The van der Waals surface area contributed by atoms with Crippen molar-refractivity contribution in [1.29, 1.82) is 0 Å². The highest BCUT2D eigenvalue weighted by molar-refractivity contribution is 7.07. The minimum atomic E-state index is -0.653. The maximum Gasteiger partial charge on any atom is 0.251 e. The predicted molar refractivity (Wildman–Crippen MR) is 82.1 cm³/mol. The standard InChI is InChI=1S/C16H19NO2S/c1-11(2)12-3-5-13(6-4-12)16(19)17-9-15(18)14-7-8-20-10-14/h3-8,10-11,15,18H,9H2,1-2H3,(H,17,19). The van der Waals surface area contributed by atoms with E-state index in [-0.39, 0.29) is 12.5 Å². The number of nitrogens with one attached hydrogen (secondary N) is 1. The summed E-state index contributed by atoms with van der Waals surface area (Å²) >= 11 is 1.53. The van der Waals surface area contributed by atoms with Crippen molar-refractivity contribution in [2.45, 2.75) is 25.9 Å². The summed E-state index contributed by atoms with van der Waals surface area (Å²) < 4.78 is 0. The van der Waals surface area contributed by atoms with E-state index in [1.54, 1.807) is 0 Å². The minimum Gasteiger partial charge on any atom is -0.387 e. The van der Waals surface area contributed by atoms with Gasteiger partial charge in [0.1, 0.15) is 0 Å². The number of carbonyl (C=O) groups is 1. The number of thiophene rings is 1. The maximum absolute atomic E-state index is 12.0. The molecule has 0 aliphatic heterocycles.